The third kappa shape index (κ3) is 4.44. The summed E-state index contributed by atoms with van der Waals surface area (Å²) in [6.07, 6.45) is 5.73. The van der Waals surface area contributed by atoms with Gasteiger partial charge in [-0.05, 0) is 47.8 Å². The summed E-state index contributed by atoms with van der Waals surface area (Å²) in [4.78, 5) is 22.4. The normalized spacial score (nSPS) is 16.7. The van der Waals surface area contributed by atoms with Crippen LogP contribution in [0.15, 0.2) is 35.3 Å². The van der Waals surface area contributed by atoms with Crippen molar-refractivity contribution in [2.75, 3.05) is 24.7 Å². The summed E-state index contributed by atoms with van der Waals surface area (Å²) in [7, 11) is 0. The summed E-state index contributed by atoms with van der Waals surface area (Å²) in [6, 6.07) is 6.07. The summed E-state index contributed by atoms with van der Waals surface area (Å²) in [5.74, 6) is 1.01. The predicted octanol–water partition coefficient (Wildman–Crippen LogP) is 4.20. The molecule has 0 bridgehead atoms. The number of hydrogen-bond acceptors (Lipinski definition) is 6. The van der Waals surface area contributed by atoms with Crippen LogP contribution in [0.5, 0.6) is 0 Å². The molecule has 1 atom stereocenters. The number of anilines is 1. The second kappa shape index (κ2) is 8.77. The van der Waals surface area contributed by atoms with Crippen molar-refractivity contribution in [3.63, 3.8) is 0 Å². The molecule has 0 saturated carbocycles. The number of hydrogen-bond donors (Lipinski definition) is 0. The lowest BCUT2D eigenvalue weighted by atomic mass is 10.1. The SMILES string of the molecule is CC(=O)CCOC[C@@H]1CCCN1c1cc(-n2cncn2)c2cc(Cl)c(Br)cc2n1. The zero-order valence-electron chi connectivity index (χ0n) is 16.0. The fourth-order valence-corrected chi connectivity index (χ4v) is 4.10. The van der Waals surface area contributed by atoms with Crippen molar-refractivity contribution in [2.45, 2.75) is 32.2 Å². The second-order valence-electron chi connectivity index (χ2n) is 7.14. The fourth-order valence-electron chi connectivity index (χ4n) is 3.60. The van der Waals surface area contributed by atoms with Gasteiger partial charge in [0, 0.05) is 28.9 Å². The minimum Gasteiger partial charge on any atom is -0.379 e. The topological polar surface area (TPSA) is 73.1 Å². The fraction of sp³-hybridized carbons (Fsp3) is 0.400. The first-order valence-corrected chi connectivity index (χ1v) is 10.7. The van der Waals surface area contributed by atoms with E-state index in [0.29, 0.717) is 24.7 Å². The van der Waals surface area contributed by atoms with E-state index in [2.05, 4.69) is 30.9 Å². The first kappa shape index (κ1) is 20.3. The molecule has 3 aromatic rings. The summed E-state index contributed by atoms with van der Waals surface area (Å²) in [5, 5.41) is 5.82. The Morgan fingerprint density at radius 1 is 1.38 bits per heavy atom. The van der Waals surface area contributed by atoms with Gasteiger partial charge in [0.1, 0.15) is 24.3 Å². The Morgan fingerprint density at radius 3 is 3.00 bits per heavy atom. The van der Waals surface area contributed by atoms with Crippen LogP contribution in [0.3, 0.4) is 0 Å². The highest BCUT2D eigenvalue weighted by Crippen LogP contribution is 2.34. The van der Waals surface area contributed by atoms with Gasteiger partial charge in [-0.1, -0.05) is 11.6 Å². The van der Waals surface area contributed by atoms with Gasteiger partial charge in [-0.2, -0.15) is 5.10 Å². The Labute approximate surface area is 182 Å². The molecule has 4 rings (SSSR count). The van der Waals surface area contributed by atoms with Gasteiger partial charge in [-0.3, -0.25) is 4.79 Å². The predicted molar refractivity (Wildman–Crippen MR) is 116 cm³/mol. The van der Waals surface area contributed by atoms with Crippen molar-refractivity contribution in [1.82, 2.24) is 19.7 Å². The van der Waals surface area contributed by atoms with E-state index in [-0.39, 0.29) is 11.8 Å². The number of fused-ring (bicyclic) bond motifs is 1. The van der Waals surface area contributed by atoms with Crippen LogP contribution >= 0.6 is 27.5 Å². The average molecular weight is 479 g/mol. The molecule has 1 saturated heterocycles. The molecule has 1 fully saturated rings. The van der Waals surface area contributed by atoms with Crippen LogP contribution in [-0.2, 0) is 9.53 Å². The maximum Gasteiger partial charge on any atom is 0.138 e. The number of nitrogens with zero attached hydrogens (tertiary/aromatic N) is 5. The Kier molecular flexibility index (Phi) is 6.12. The number of benzene rings is 1. The lowest BCUT2D eigenvalue weighted by Crippen LogP contribution is -2.34. The standard InChI is InChI=1S/C20H21BrClN5O2/c1-13(28)4-6-29-10-14-3-2-5-26(14)20-9-19(27-12-23-11-24-27)15-7-17(22)16(21)8-18(15)25-20/h7-9,11-12,14H,2-6,10H2,1H3/t14-/m0/s1. The quantitative estimate of drug-likeness (QED) is 0.474. The molecule has 0 radical (unpaired) electrons. The van der Waals surface area contributed by atoms with Crippen LogP contribution in [0, 0.1) is 0 Å². The number of carbonyl (C=O) groups excluding carboxylic acids is 1. The molecule has 152 valence electrons. The number of pyridine rings is 1. The van der Waals surface area contributed by atoms with E-state index < -0.39 is 0 Å². The lowest BCUT2D eigenvalue weighted by Gasteiger charge is -2.26. The van der Waals surface area contributed by atoms with Crippen LogP contribution in [-0.4, -0.2) is 51.3 Å². The zero-order chi connectivity index (χ0) is 20.4. The maximum atomic E-state index is 11.1. The first-order valence-electron chi connectivity index (χ1n) is 9.51. The zero-order valence-corrected chi connectivity index (χ0v) is 18.4. The molecule has 7 nitrogen and oxygen atoms in total. The van der Waals surface area contributed by atoms with Crippen molar-refractivity contribution in [3.05, 3.63) is 40.3 Å². The summed E-state index contributed by atoms with van der Waals surface area (Å²) < 4.78 is 8.29. The van der Waals surface area contributed by atoms with E-state index in [1.54, 1.807) is 17.9 Å². The van der Waals surface area contributed by atoms with Crippen molar-refractivity contribution in [2.24, 2.45) is 0 Å². The number of aromatic nitrogens is 4. The third-order valence-corrected chi connectivity index (χ3v) is 6.26. The molecule has 0 N–H and O–H groups in total. The van der Waals surface area contributed by atoms with Crippen LogP contribution in [0.1, 0.15) is 26.2 Å². The number of ketones is 1. The lowest BCUT2D eigenvalue weighted by molar-refractivity contribution is -0.118. The molecule has 29 heavy (non-hydrogen) atoms. The Hall–Kier alpha value is -2.03. The van der Waals surface area contributed by atoms with Gasteiger partial charge in [0.15, 0.2) is 0 Å². The van der Waals surface area contributed by atoms with Crippen molar-refractivity contribution in [1.29, 1.82) is 0 Å². The van der Waals surface area contributed by atoms with Crippen molar-refractivity contribution < 1.29 is 9.53 Å². The van der Waals surface area contributed by atoms with Crippen molar-refractivity contribution >= 4 is 50.0 Å². The number of Topliss-reactive ketones (excluding diaryl/α,β-unsaturated/α-hetero) is 1. The Morgan fingerprint density at radius 2 is 2.24 bits per heavy atom. The van der Waals surface area contributed by atoms with E-state index >= 15 is 0 Å². The van der Waals surface area contributed by atoms with E-state index in [1.807, 2.05) is 18.2 Å². The van der Waals surface area contributed by atoms with E-state index in [4.69, 9.17) is 21.3 Å². The summed E-state index contributed by atoms with van der Waals surface area (Å²) in [6.45, 7) is 3.53. The number of carbonyl (C=O) groups is 1. The van der Waals surface area contributed by atoms with Crippen LogP contribution < -0.4 is 4.90 Å². The maximum absolute atomic E-state index is 11.1. The van der Waals surface area contributed by atoms with E-state index in [0.717, 1.165) is 46.3 Å². The Balaban J connectivity index is 1.68. The molecular weight excluding hydrogens is 458 g/mol. The van der Waals surface area contributed by atoms with Crippen LogP contribution in [0.4, 0.5) is 5.82 Å². The van der Waals surface area contributed by atoms with Gasteiger partial charge >= 0.3 is 0 Å². The molecule has 0 unspecified atom stereocenters. The molecule has 1 aliphatic heterocycles. The molecule has 9 heteroatoms. The molecule has 0 aliphatic carbocycles. The van der Waals surface area contributed by atoms with Gasteiger partial charge in [-0.15, -0.1) is 0 Å². The summed E-state index contributed by atoms with van der Waals surface area (Å²) in [5.41, 5.74) is 1.70. The highest BCUT2D eigenvalue weighted by molar-refractivity contribution is 9.10. The molecule has 3 heterocycles. The second-order valence-corrected chi connectivity index (χ2v) is 8.40. The smallest absolute Gasteiger partial charge is 0.138 e. The van der Waals surface area contributed by atoms with Crippen LogP contribution in [0.25, 0.3) is 16.6 Å². The van der Waals surface area contributed by atoms with E-state index in [1.165, 1.54) is 6.33 Å². The van der Waals surface area contributed by atoms with Gasteiger partial charge in [-0.25, -0.2) is 14.6 Å². The molecule has 0 spiro atoms. The minimum absolute atomic E-state index is 0.145. The molecule has 1 aliphatic rings. The third-order valence-electron chi connectivity index (χ3n) is 5.06. The number of halogens is 2. The molecular formula is C20H21BrClN5O2. The number of ether oxygens (including phenoxy) is 1. The molecule has 1 aromatic carbocycles. The average Bonchev–Trinajstić information content (AvgIpc) is 3.37. The Bertz CT molecular complexity index is 1030. The first-order chi connectivity index (χ1) is 14.0. The van der Waals surface area contributed by atoms with Gasteiger partial charge in [0.25, 0.3) is 0 Å². The number of rotatable bonds is 7. The highest BCUT2D eigenvalue weighted by atomic mass is 79.9. The highest BCUT2D eigenvalue weighted by Gasteiger charge is 2.27. The van der Waals surface area contributed by atoms with Gasteiger partial charge in [0.2, 0.25) is 0 Å². The molecule has 2 aromatic heterocycles. The van der Waals surface area contributed by atoms with E-state index in [9.17, 15) is 4.79 Å². The van der Waals surface area contributed by atoms with Gasteiger partial charge in [0.05, 0.1) is 35.5 Å². The largest absolute Gasteiger partial charge is 0.379 e. The van der Waals surface area contributed by atoms with Crippen molar-refractivity contribution in [3.8, 4) is 5.69 Å². The molecule has 0 amide bonds. The minimum atomic E-state index is 0.145. The monoisotopic (exact) mass is 477 g/mol. The van der Waals surface area contributed by atoms with Crippen LogP contribution in [0.2, 0.25) is 5.02 Å². The summed E-state index contributed by atoms with van der Waals surface area (Å²) >= 11 is 9.83. The van der Waals surface area contributed by atoms with Gasteiger partial charge < -0.3 is 9.64 Å².